The van der Waals surface area contributed by atoms with E-state index in [4.69, 9.17) is 0 Å². The molecule has 0 saturated carbocycles. The highest BCUT2D eigenvalue weighted by Gasteiger charge is 2.21. The van der Waals surface area contributed by atoms with Crippen molar-refractivity contribution in [2.75, 3.05) is 6.54 Å². The summed E-state index contributed by atoms with van der Waals surface area (Å²) in [7, 11) is 0. The Labute approximate surface area is 175 Å². The first-order valence-corrected chi connectivity index (χ1v) is 11.7. The van der Waals surface area contributed by atoms with E-state index in [1.165, 1.54) is 75.3 Å². The van der Waals surface area contributed by atoms with Crippen molar-refractivity contribution >= 4 is 0 Å². The largest absolute Gasteiger partial charge is 0.372 e. The molecule has 2 heteroatoms. The number of hydrogen-bond donors (Lipinski definition) is 2. The first kappa shape index (κ1) is 24.6. The van der Waals surface area contributed by atoms with Gasteiger partial charge in [0.1, 0.15) is 0 Å². The molecule has 0 atom stereocenters. The van der Waals surface area contributed by atoms with Crippen LogP contribution in [0.15, 0.2) is 36.7 Å². The van der Waals surface area contributed by atoms with Crippen LogP contribution in [0.3, 0.4) is 0 Å². The highest BCUT2D eigenvalue weighted by Crippen LogP contribution is 2.24. The third-order valence-electron chi connectivity index (χ3n) is 5.61. The van der Waals surface area contributed by atoms with Crippen molar-refractivity contribution < 1.29 is 0 Å². The average molecular weight is 387 g/mol. The van der Waals surface area contributed by atoms with E-state index in [-0.39, 0.29) is 5.54 Å². The molecule has 28 heavy (non-hydrogen) atoms. The minimum absolute atomic E-state index is 0.132. The Kier molecular flexibility index (Phi) is 12.0. The average Bonchev–Trinajstić information content (AvgIpc) is 2.65. The molecule has 0 radical (unpaired) electrons. The molecule has 0 unspecified atom stereocenters. The van der Waals surface area contributed by atoms with Gasteiger partial charge in [-0.05, 0) is 37.3 Å². The maximum atomic E-state index is 4.18. The molecular weight excluding hydrogens is 340 g/mol. The van der Waals surface area contributed by atoms with Crippen LogP contribution in [0.4, 0.5) is 0 Å². The zero-order valence-electron chi connectivity index (χ0n) is 19.4. The highest BCUT2D eigenvalue weighted by molar-refractivity contribution is 5.31. The van der Waals surface area contributed by atoms with Gasteiger partial charge >= 0.3 is 0 Å². The molecule has 0 spiro atoms. The molecule has 2 N–H and O–H groups in total. The zero-order chi connectivity index (χ0) is 20.8. The van der Waals surface area contributed by atoms with Crippen LogP contribution < -0.4 is 10.6 Å². The van der Waals surface area contributed by atoms with E-state index in [1.54, 1.807) is 0 Å². The quantitative estimate of drug-likeness (QED) is 0.286. The monoisotopic (exact) mass is 386 g/mol. The summed E-state index contributed by atoms with van der Waals surface area (Å²) in [5.41, 5.74) is 2.56. The van der Waals surface area contributed by atoms with E-state index in [9.17, 15) is 0 Å². The van der Waals surface area contributed by atoms with Gasteiger partial charge in [-0.3, -0.25) is 0 Å². The van der Waals surface area contributed by atoms with Crippen molar-refractivity contribution in [2.24, 2.45) is 0 Å². The van der Waals surface area contributed by atoms with Gasteiger partial charge in [0.2, 0.25) is 0 Å². The molecule has 0 bridgehead atoms. The fraction of sp³-hybridized carbons (Fsp3) is 0.692. The molecule has 160 valence electrons. The summed E-state index contributed by atoms with van der Waals surface area (Å²) in [6.07, 6.45) is 13.7. The third kappa shape index (κ3) is 10.2. The summed E-state index contributed by atoms with van der Waals surface area (Å²) >= 11 is 0. The van der Waals surface area contributed by atoms with Crippen LogP contribution in [-0.2, 0) is 5.54 Å². The molecule has 2 nitrogen and oxygen atoms in total. The van der Waals surface area contributed by atoms with Crippen molar-refractivity contribution in [3.05, 3.63) is 47.8 Å². The van der Waals surface area contributed by atoms with Crippen LogP contribution in [0.1, 0.15) is 116 Å². The second-order valence-corrected chi connectivity index (χ2v) is 9.12. The molecule has 0 aliphatic rings. The summed E-state index contributed by atoms with van der Waals surface area (Å²) in [5.74, 6) is 1.48. The van der Waals surface area contributed by atoms with Gasteiger partial charge in [-0.15, -0.1) is 0 Å². The Bertz CT molecular complexity index is 545. The molecule has 0 aliphatic carbocycles. The van der Waals surface area contributed by atoms with E-state index >= 15 is 0 Å². The molecule has 1 rings (SSSR count). The number of nitrogens with one attached hydrogen (secondary N) is 2. The Morgan fingerprint density at radius 2 is 1.50 bits per heavy atom. The molecule has 0 amide bonds. The molecule has 1 aromatic carbocycles. The Balaban J connectivity index is 2.18. The van der Waals surface area contributed by atoms with Crippen molar-refractivity contribution in [1.82, 2.24) is 10.6 Å². The van der Waals surface area contributed by atoms with Crippen LogP contribution in [0.25, 0.3) is 0 Å². The van der Waals surface area contributed by atoms with Gasteiger partial charge in [0.15, 0.2) is 0 Å². The van der Waals surface area contributed by atoms with Gasteiger partial charge in [0.05, 0.1) is 11.4 Å². The third-order valence-corrected chi connectivity index (χ3v) is 5.61. The predicted molar refractivity (Wildman–Crippen MR) is 126 cm³/mol. The maximum Gasteiger partial charge on any atom is 0.0919 e. The first-order chi connectivity index (χ1) is 13.4. The molecule has 0 aromatic heterocycles. The van der Waals surface area contributed by atoms with Gasteiger partial charge in [0.25, 0.3) is 0 Å². The van der Waals surface area contributed by atoms with Gasteiger partial charge in [0, 0.05) is 6.54 Å². The maximum absolute atomic E-state index is 4.18. The minimum atomic E-state index is -0.132. The van der Waals surface area contributed by atoms with Gasteiger partial charge < -0.3 is 10.6 Å². The van der Waals surface area contributed by atoms with E-state index in [0.29, 0.717) is 5.92 Å². The molecule has 0 saturated heterocycles. The molecule has 0 heterocycles. The lowest BCUT2D eigenvalue weighted by Crippen LogP contribution is -2.40. The first-order valence-electron chi connectivity index (χ1n) is 11.7. The van der Waals surface area contributed by atoms with Crippen molar-refractivity contribution in [3.63, 3.8) is 0 Å². The van der Waals surface area contributed by atoms with Crippen molar-refractivity contribution in [1.29, 1.82) is 0 Å². The SMILES string of the molecule is C=C(NCCCCCCCCCCCC)NC(C)(C)c1cccc(C(C)C)c1. The Morgan fingerprint density at radius 1 is 0.929 bits per heavy atom. The second kappa shape index (κ2) is 13.7. The fourth-order valence-corrected chi connectivity index (χ4v) is 3.63. The normalized spacial score (nSPS) is 11.6. The van der Waals surface area contributed by atoms with E-state index in [0.717, 1.165) is 12.4 Å². The molecule has 0 aliphatic heterocycles. The number of rotatable bonds is 16. The van der Waals surface area contributed by atoms with Crippen LogP contribution in [0.5, 0.6) is 0 Å². The van der Waals surface area contributed by atoms with E-state index in [2.05, 4.69) is 76.1 Å². The van der Waals surface area contributed by atoms with Crippen LogP contribution in [-0.4, -0.2) is 6.54 Å². The molecule has 1 aromatic rings. The fourth-order valence-electron chi connectivity index (χ4n) is 3.63. The zero-order valence-corrected chi connectivity index (χ0v) is 19.4. The van der Waals surface area contributed by atoms with Gasteiger partial charge in [-0.2, -0.15) is 0 Å². The summed E-state index contributed by atoms with van der Waals surface area (Å²) in [4.78, 5) is 0. The minimum Gasteiger partial charge on any atom is -0.372 e. The van der Waals surface area contributed by atoms with Crippen molar-refractivity contribution in [2.45, 2.75) is 110 Å². The number of hydrogen-bond acceptors (Lipinski definition) is 2. The highest BCUT2D eigenvalue weighted by atomic mass is 15.1. The number of benzene rings is 1. The van der Waals surface area contributed by atoms with Crippen LogP contribution in [0, 0.1) is 0 Å². The van der Waals surface area contributed by atoms with Crippen LogP contribution >= 0.6 is 0 Å². The number of unbranched alkanes of at least 4 members (excludes halogenated alkanes) is 9. The molecule has 0 fully saturated rings. The van der Waals surface area contributed by atoms with Crippen molar-refractivity contribution in [3.8, 4) is 0 Å². The smallest absolute Gasteiger partial charge is 0.0919 e. The summed E-state index contributed by atoms with van der Waals surface area (Å²) in [6, 6.07) is 8.89. The van der Waals surface area contributed by atoms with E-state index in [1.807, 2.05) is 0 Å². The lowest BCUT2D eigenvalue weighted by atomic mass is 9.90. The lowest BCUT2D eigenvalue weighted by Gasteiger charge is -2.30. The lowest BCUT2D eigenvalue weighted by molar-refractivity contribution is 0.427. The summed E-state index contributed by atoms with van der Waals surface area (Å²) < 4.78 is 0. The predicted octanol–water partition coefficient (Wildman–Crippen LogP) is 7.62. The molecular formula is C26H46N2. The topological polar surface area (TPSA) is 24.1 Å². The summed E-state index contributed by atoms with van der Waals surface area (Å²) in [5, 5.41) is 7.03. The second-order valence-electron chi connectivity index (χ2n) is 9.12. The summed E-state index contributed by atoms with van der Waals surface area (Å²) in [6.45, 7) is 16.4. The Hall–Kier alpha value is -1.44. The van der Waals surface area contributed by atoms with Gasteiger partial charge in [-0.25, -0.2) is 0 Å². The Morgan fingerprint density at radius 3 is 2.07 bits per heavy atom. The van der Waals surface area contributed by atoms with Gasteiger partial charge in [-0.1, -0.05) is 109 Å². The van der Waals surface area contributed by atoms with E-state index < -0.39 is 0 Å². The standard InChI is InChI=1S/C26H46N2/c1-7-8-9-10-11-12-13-14-15-16-20-27-23(4)28-26(5,6)25-19-17-18-24(21-25)22(2)3/h17-19,21-22,27-28H,4,7-16,20H2,1-3,5-6H3. The van der Waals surface area contributed by atoms with Crippen LogP contribution in [0.2, 0.25) is 0 Å².